The molecule has 1 rings (SSSR count). The normalized spacial score (nSPS) is 12.8. The molecular weight excluding hydrogens is 178 g/mol. The maximum atomic E-state index is 5.10. The van der Waals surface area contributed by atoms with Gasteiger partial charge in [-0.3, -0.25) is 9.97 Å². The van der Waals surface area contributed by atoms with Crippen LogP contribution in [0.4, 0.5) is 0 Å². The molecule has 1 unspecified atom stereocenters. The molecule has 0 saturated carbocycles. The topological polar surface area (TPSA) is 47.0 Å². The summed E-state index contributed by atoms with van der Waals surface area (Å²) in [5.74, 6) is 0. The van der Waals surface area contributed by atoms with Crippen molar-refractivity contribution in [3.63, 3.8) is 0 Å². The first-order valence-electron chi connectivity index (χ1n) is 4.70. The lowest BCUT2D eigenvalue weighted by atomic mass is 10.1. The third-order valence-corrected chi connectivity index (χ3v) is 2.20. The smallest absolute Gasteiger partial charge is 0.0632 e. The summed E-state index contributed by atoms with van der Waals surface area (Å²) in [6.45, 7) is 2.66. The van der Waals surface area contributed by atoms with E-state index in [0.29, 0.717) is 12.6 Å². The molecule has 78 valence electrons. The van der Waals surface area contributed by atoms with Gasteiger partial charge in [0.05, 0.1) is 18.0 Å². The predicted octanol–water partition coefficient (Wildman–Crippen LogP) is 0.562. The highest BCUT2D eigenvalue weighted by Crippen LogP contribution is 2.03. The number of nitrogens with zero attached hydrogens (tertiary/aromatic N) is 2. The Morgan fingerprint density at radius 3 is 2.71 bits per heavy atom. The molecule has 0 amide bonds. The van der Waals surface area contributed by atoms with Crippen LogP contribution in [-0.4, -0.2) is 36.8 Å². The molecule has 0 fully saturated rings. The van der Waals surface area contributed by atoms with Crippen molar-refractivity contribution in [2.75, 3.05) is 20.8 Å². The summed E-state index contributed by atoms with van der Waals surface area (Å²) in [5, 5.41) is 3.19. The fraction of sp³-hybridized carbons (Fsp3) is 0.600. The summed E-state index contributed by atoms with van der Waals surface area (Å²) in [6, 6.07) is 0.301. The Kier molecular flexibility index (Phi) is 4.49. The highest BCUT2D eigenvalue weighted by Gasteiger charge is 2.09. The molecule has 0 radical (unpaired) electrons. The second-order valence-corrected chi connectivity index (χ2v) is 3.23. The van der Waals surface area contributed by atoms with Crippen LogP contribution < -0.4 is 5.32 Å². The molecule has 0 aliphatic carbocycles. The summed E-state index contributed by atoms with van der Waals surface area (Å²) in [7, 11) is 3.63. The summed E-state index contributed by atoms with van der Waals surface area (Å²) in [5.41, 5.74) is 2.02. The number of aromatic nitrogens is 2. The van der Waals surface area contributed by atoms with Gasteiger partial charge in [0.15, 0.2) is 0 Å². The SMILES string of the molecule is CNC(COC)Cc1nccnc1C. The molecule has 1 atom stereocenters. The third-order valence-electron chi connectivity index (χ3n) is 2.20. The average molecular weight is 195 g/mol. The maximum absolute atomic E-state index is 5.10. The molecule has 0 aliphatic rings. The van der Waals surface area contributed by atoms with Gasteiger partial charge in [0, 0.05) is 32.0 Å². The predicted molar refractivity (Wildman–Crippen MR) is 55.2 cm³/mol. The van der Waals surface area contributed by atoms with Crippen LogP contribution in [0.2, 0.25) is 0 Å². The van der Waals surface area contributed by atoms with E-state index in [1.807, 2.05) is 14.0 Å². The quantitative estimate of drug-likeness (QED) is 0.746. The van der Waals surface area contributed by atoms with Crippen LogP contribution in [0.25, 0.3) is 0 Å². The Balaban J connectivity index is 2.62. The third kappa shape index (κ3) is 3.05. The molecule has 4 heteroatoms. The Hall–Kier alpha value is -1.00. The molecule has 0 saturated heterocycles. The highest BCUT2D eigenvalue weighted by molar-refractivity contribution is 5.09. The largest absolute Gasteiger partial charge is 0.383 e. The minimum Gasteiger partial charge on any atom is -0.383 e. The number of likely N-dealkylation sites (N-methyl/N-ethyl adjacent to an activating group) is 1. The zero-order valence-corrected chi connectivity index (χ0v) is 8.95. The number of rotatable bonds is 5. The van der Waals surface area contributed by atoms with Gasteiger partial charge in [-0.15, -0.1) is 0 Å². The Morgan fingerprint density at radius 1 is 1.43 bits per heavy atom. The molecule has 1 N–H and O–H groups in total. The minimum atomic E-state index is 0.301. The molecule has 0 spiro atoms. The van der Waals surface area contributed by atoms with E-state index in [-0.39, 0.29) is 0 Å². The zero-order valence-electron chi connectivity index (χ0n) is 8.95. The van der Waals surface area contributed by atoms with Crippen LogP contribution in [-0.2, 0) is 11.2 Å². The van der Waals surface area contributed by atoms with Crippen molar-refractivity contribution in [3.8, 4) is 0 Å². The molecule has 1 aromatic rings. The molecule has 4 nitrogen and oxygen atoms in total. The fourth-order valence-corrected chi connectivity index (χ4v) is 1.32. The van der Waals surface area contributed by atoms with Crippen molar-refractivity contribution >= 4 is 0 Å². The summed E-state index contributed by atoms with van der Waals surface area (Å²) in [6.07, 6.45) is 4.29. The van der Waals surface area contributed by atoms with E-state index in [0.717, 1.165) is 17.8 Å². The number of aryl methyl sites for hydroxylation is 1. The van der Waals surface area contributed by atoms with Crippen molar-refractivity contribution < 1.29 is 4.74 Å². The van der Waals surface area contributed by atoms with E-state index < -0.39 is 0 Å². The van der Waals surface area contributed by atoms with Crippen molar-refractivity contribution in [2.45, 2.75) is 19.4 Å². The van der Waals surface area contributed by atoms with E-state index >= 15 is 0 Å². The lowest BCUT2D eigenvalue weighted by Gasteiger charge is -2.14. The fourth-order valence-electron chi connectivity index (χ4n) is 1.32. The molecule has 14 heavy (non-hydrogen) atoms. The summed E-state index contributed by atoms with van der Waals surface area (Å²) < 4.78 is 5.10. The summed E-state index contributed by atoms with van der Waals surface area (Å²) >= 11 is 0. The lowest BCUT2D eigenvalue weighted by Crippen LogP contribution is -2.32. The van der Waals surface area contributed by atoms with E-state index in [4.69, 9.17) is 4.74 Å². The first-order valence-corrected chi connectivity index (χ1v) is 4.70. The van der Waals surface area contributed by atoms with Crippen molar-refractivity contribution in [1.82, 2.24) is 15.3 Å². The van der Waals surface area contributed by atoms with Crippen molar-refractivity contribution in [1.29, 1.82) is 0 Å². The Labute approximate surface area is 84.7 Å². The van der Waals surface area contributed by atoms with Gasteiger partial charge in [0.1, 0.15) is 0 Å². The van der Waals surface area contributed by atoms with E-state index in [9.17, 15) is 0 Å². The number of hydrogen-bond acceptors (Lipinski definition) is 4. The van der Waals surface area contributed by atoms with Gasteiger partial charge in [0.2, 0.25) is 0 Å². The second kappa shape index (κ2) is 5.67. The molecule has 0 bridgehead atoms. The number of methoxy groups -OCH3 is 1. The molecule has 1 heterocycles. The monoisotopic (exact) mass is 195 g/mol. The van der Waals surface area contributed by atoms with Crippen LogP contribution in [0.1, 0.15) is 11.4 Å². The van der Waals surface area contributed by atoms with Crippen LogP contribution in [0.15, 0.2) is 12.4 Å². The van der Waals surface area contributed by atoms with Crippen molar-refractivity contribution in [3.05, 3.63) is 23.8 Å². The standard InChI is InChI=1S/C10H17N3O/c1-8-10(13-5-4-12-8)6-9(11-2)7-14-3/h4-5,9,11H,6-7H2,1-3H3. The number of ether oxygens (including phenoxy) is 1. The van der Waals surface area contributed by atoms with Gasteiger partial charge in [-0.05, 0) is 14.0 Å². The van der Waals surface area contributed by atoms with Crippen LogP contribution in [0.3, 0.4) is 0 Å². The Bertz CT molecular complexity index is 278. The molecule has 0 aliphatic heterocycles. The van der Waals surface area contributed by atoms with E-state index in [1.165, 1.54) is 0 Å². The average Bonchev–Trinajstić information content (AvgIpc) is 2.20. The minimum absolute atomic E-state index is 0.301. The number of hydrogen-bond donors (Lipinski definition) is 1. The molecular formula is C10H17N3O. The van der Waals surface area contributed by atoms with Crippen molar-refractivity contribution in [2.24, 2.45) is 0 Å². The van der Waals surface area contributed by atoms with Crippen LogP contribution >= 0.6 is 0 Å². The molecule has 1 aromatic heterocycles. The van der Waals surface area contributed by atoms with Crippen LogP contribution in [0.5, 0.6) is 0 Å². The maximum Gasteiger partial charge on any atom is 0.0632 e. The van der Waals surface area contributed by atoms with E-state index in [2.05, 4.69) is 15.3 Å². The van der Waals surface area contributed by atoms with Gasteiger partial charge < -0.3 is 10.1 Å². The van der Waals surface area contributed by atoms with Gasteiger partial charge in [-0.2, -0.15) is 0 Å². The number of nitrogens with one attached hydrogen (secondary N) is 1. The van der Waals surface area contributed by atoms with E-state index in [1.54, 1.807) is 19.5 Å². The zero-order chi connectivity index (χ0) is 10.4. The van der Waals surface area contributed by atoms with Gasteiger partial charge in [-0.25, -0.2) is 0 Å². The van der Waals surface area contributed by atoms with Gasteiger partial charge in [0.25, 0.3) is 0 Å². The van der Waals surface area contributed by atoms with Gasteiger partial charge >= 0.3 is 0 Å². The summed E-state index contributed by atoms with van der Waals surface area (Å²) in [4.78, 5) is 8.49. The first-order chi connectivity index (χ1) is 6.77. The highest BCUT2D eigenvalue weighted by atomic mass is 16.5. The second-order valence-electron chi connectivity index (χ2n) is 3.23. The molecule has 0 aromatic carbocycles. The Morgan fingerprint density at radius 2 is 2.14 bits per heavy atom. The van der Waals surface area contributed by atoms with Crippen LogP contribution in [0, 0.1) is 6.92 Å². The van der Waals surface area contributed by atoms with Gasteiger partial charge in [-0.1, -0.05) is 0 Å². The lowest BCUT2D eigenvalue weighted by molar-refractivity contribution is 0.169. The first kappa shape index (κ1) is 11.1.